The second-order valence-electron chi connectivity index (χ2n) is 2.64. The van der Waals surface area contributed by atoms with E-state index < -0.39 is 0 Å². The van der Waals surface area contributed by atoms with Gasteiger partial charge in [0.05, 0.1) is 14.2 Å². The monoisotopic (exact) mass is 183 g/mol. The molecule has 1 unspecified atom stereocenters. The van der Waals surface area contributed by atoms with E-state index in [9.17, 15) is 0 Å². The van der Waals surface area contributed by atoms with Crippen molar-refractivity contribution in [1.29, 1.82) is 0 Å². The second kappa shape index (κ2) is 4.04. The molecule has 0 saturated heterocycles. The van der Waals surface area contributed by atoms with Gasteiger partial charge in [0.1, 0.15) is 0 Å². The Hall–Kier alpha value is -1.36. The van der Waals surface area contributed by atoms with Crippen LogP contribution in [0.5, 0.6) is 11.8 Å². The Morgan fingerprint density at radius 2 is 2.00 bits per heavy atom. The molecule has 1 atom stereocenters. The SMILES string of the molecule is COc1cc(C(C)N)c(OC)nn1. The normalized spacial score (nSPS) is 12.3. The number of nitrogens with zero attached hydrogens (tertiary/aromatic N) is 2. The molecule has 0 amide bonds. The van der Waals surface area contributed by atoms with Gasteiger partial charge in [-0.2, -0.15) is 0 Å². The van der Waals surface area contributed by atoms with Crippen LogP contribution in [0.3, 0.4) is 0 Å². The highest BCUT2D eigenvalue weighted by Gasteiger charge is 2.11. The lowest BCUT2D eigenvalue weighted by Gasteiger charge is -2.10. The van der Waals surface area contributed by atoms with Crippen molar-refractivity contribution in [2.45, 2.75) is 13.0 Å². The van der Waals surface area contributed by atoms with Gasteiger partial charge >= 0.3 is 0 Å². The molecule has 1 aromatic heterocycles. The first-order valence-corrected chi connectivity index (χ1v) is 3.90. The number of aromatic nitrogens is 2. The molecule has 1 rings (SSSR count). The van der Waals surface area contributed by atoms with Crippen LogP contribution in [0.1, 0.15) is 18.5 Å². The summed E-state index contributed by atoms with van der Waals surface area (Å²) in [5.41, 5.74) is 6.50. The van der Waals surface area contributed by atoms with Crippen LogP contribution < -0.4 is 15.2 Å². The van der Waals surface area contributed by atoms with E-state index >= 15 is 0 Å². The molecular weight excluding hydrogens is 170 g/mol. The van der Waals surface area contributed by atoms with Crippen molar-refractivity contribution in [2.75, 3.05) is 14.2 Å². The van der Waals surface area contributed by atoms with Crippen LogP contribution in [0.2, 0.25) is 0 Å². The van der Waals surface area contributed by atoms with Crippen LogP contribution in [0.4, 0.5) is 0 Å². The average Bonchev–Trinajstić information content (AvgIpc) is 2.16. The van der Waals surface area contributed by atoms with Gasteiger partial charge in [-0.1, -0.05) is 0 Å². The van der Waals surface area contributed by atoms with Crippen molar-refractivity contribution in [3.63, 3.8) is 0 Å². The van der Waals surface area contributed by atoms with E-state index in [1.54, 1.807) is 6.07 Å². The third-order valence-electron chi connectivity index (χ3n) is 1.66. The molecule has 0 aromatic carbocycles. The Bertz CT molecular complexity index is 289. The summed E-state index contributed by atoms with van der Waals surface area (Å²) in [6, 6.07) is 1.57. The summed E-state index contributed by atoms with van der Waals surface area (Å²) in [4.78, 5) is 0. The van der Waals surface area contributed by atoms with E-state index in [0.717, 1.165) is 5.56 Å². The van der Waals surface area contributed by atoms with Gasteiger partial charge in [-0.05, 0) is 6.92 Å². The van der Waals surface area contributed by atoms with E-state index in [4.69, 9.17) is 15.2 Å². The Morgan fingerprint density at radius 1 is 1.31 bits per heavy atom. The first kappa shape index (κ1) is 9.73. The topological polar surface area (TPSA) is 70.3 Å². The molecule has 5 heteroatoms. The molecule has 5 nitrogen and oxygen atoms in total. The zero-order valence-electron chi connectivity index (χ0n) is 7.94. The van der Waals surface area contributed by atoms with Crippen molar-refractivity contribution in [2.24, 2.45) is 5.73 Å². The van der Waals surface area contributed by atoms with E-state index in [2.05, 4.69) is 10.2 Å². The van der Waals surface area contributed by atoms with Gasteiger partial charge < -0.3 is 15.2 Å². The predicted molar refractivity (Wildman–Crippen MR) is 47.7 cm³/mol. The molecule has 0 bridgehead atoms. The van der Waals surface area contributed by atoms with Gasteiger partial charge in [-0.3, -0.25) is 0 Å². The summed E-state index contributed by atoms with van der Waals surface area (Å²) in [5.74, 6) is 0.879. The van der Waals surface area contributed by atoms with Crippen LogP contribution >= 0.6 is 0 Å². The number of nitrogens with two attached hydrogens (primary N) is 1. The number of methoxy groups -OCH3 is 2. The molecule has 72 valence electrons. The Balaban J connectivity index is 3.10. The molecular formula is C8H13N3O2. The summed E-state index contributed by atoms with van der Waals surface area (Å²) in [6.07, 6.45) is 0. The van der Waals surface area contributed by atoms with Crippen LogP contribution in [0, 0.1) is 0 Å². The van der Waals surface area contributed by atoms with Crippen molar-refractivity contribution >= 4 is 0 Å². The van der Waals surface area contributed by atoms with Crippen LogP contribution in [0.15, 0.2) is 6.07 Å². The Morgan fingerprint density at radius 3 is 2.46 bits per heavy atom. The lowest BCUT2D eigenvalue weighted by molar-refractivity contribution is 0.360. The van der Waals surface area contributed by atoms with E-state index in [0.29, 0.717) is 11.8 Å². The molecule has 0 aliphatic carbocycles. The second-order valence-corrected chi connectivity index (χ2v) is 2.64. The van der Waals surface area contributed by atoms with Gasteiger partial charge in [0.25, 0.3) is 0 Å². The minimum atomic E-state index is -0.153. The Kier molecular flexibility index (Phi) is 3.02. The first-order chi connectivity index (χ1) is 6.19. The van der Waals surface area contributed by atoms with Gasteiger partial charge in [0, 0.05) is 17.7 Å². The summed E-state index contributed by atoms with van der Waals surface area (Å²) in [6.45, 7) is 1.85. The molecule has 0 aliphatic heterocycles. The van der Waals surface area contributed by atoms with Crippen molar-refractivity contribution in [1.82, 2.24) is 10.2 Å². The van der Waals surface area contributed by atoms with Crippen LogP contribution in [0.25, 0.3) is 0 Å². The molecule has 0 fully saturated rings. The molecule has 1 heterocycles. The molecule has 0 radical (unpaired) electrons. The zero-order valence-corrected chi connectivity index (χ0v) is 7.94. The number of hydrogen-bond donors (Lipinski definition) is 1. The summed E-state index contributed by atoms with van der Waals surface area (Å²) >= 11 is 0. The molecule has 2 N–H and O–H groups in total. The van der Waals surface area contributed by atoms with E-state index in [1.807, 2.05) is 6.92 Å². The molecule has 0 aliphatic rings. The standard InChI is InChI=1S/C8H13N3O2/c1-5(9)6-4-7(12-2)10-11-8(6)13-3/h4-5H,9H2,1-3H3. The lowest BCUT2D eigenvalue weighted by atomic mass is 10.1. The van der Waals surface area contributed by atoms with Crippen LogP contribution in [-0.2, 0) is 0 Å². The zero-order chi connectivity index (χ0) is 9.84. The summed E-state index contributed by atoms with van der Waals surface area (Å²) < 4.78 is 9.92. The first-order valence-electron chi connectivity index (χ1n) is 3.90. The summed E-state index contributed by atoms with van der Waals surface area (Å²) in [5, 5.41) is 7.57. The highest BCUT2D eigenvalue weighted by atomic mass is 16.5. The van der Waals surface area contributed by atoms with Crippen molar-refractivity contribution < 1.29 is 9.47 Å². The number of hydrogen-bond acceptors (Lipinski definition) is 5. The fourth-order valence-corrected chi connectivity index (χ4v) is 0.961. The fraction of sp³-hybridized carbons (Fsp3) is 0.500. The quantitative estimate of drug-likeness (QED) is 0.739. The number of ether oxygens (including phenoxy) is 2. The predicted octanol–water partition coefficient (Wildman–Crippen LogP) is 0.513. The van der Waals surface area contributed by atoms with Gasteiger partial charge in [-0.25, -0.2) is 0 Å². The largest absolute Gasteiger partial charge is 0.480 e. The van der Waals surface area contributed by atoms with E-state index in [1.165, 1.54) is 14.2 Å². The smallest absolute Gasteiger partial charge is 0.238 e. The molecule has 0 saturated carbocycles. The average molecular weight is 183 g/mol. The van der Waals surface area contributed by atoms with Crippen molar-refractivity contribution in [3.8, 4) is 11.8 Å². The van der Waals surface area contributed by atoms with Gasteiger partial charge in [0.2, 0.25) is 11.8 Å². The molecule has 13 heavy (non-hydrogen) atoms. The Labute approximate surface area is 76.9 Å². The van der Waals surface area contributed by atoms with Gasteiger partial charge in [0.15, 0.2) is 0 Å². The maximum absolute atomic E-state index is 5.71. The third kappa shape index (κ3) is 2.06. The van der Waals surface area contributed by atoms with Gasteiger partial charge in [-0.15, -0.1) is 10.2 Å². The highest BCUT2D eigenvalue weighted by molar-refractivity contribution is 5.31. The highest BCUT2D eigenvalue weighted by Crippen LogP contribution is 2.22. The van der Waals surface area contributed by atoms with E-state index in [-0.39, 0.29) is 6.04 Å². The minimum Gasteiger partial charge on any atom is -0.480 e. The fourth-order valence-electron chi connectivity index (χ4n) is 0.961. The third-order valence-corrected chi connectivity index (χ3v) is 1.66. The molecule has 0 spiro atoms. The lowest BCUT2D eigenvalue weighted by Crippen LogP contribution is -2.09. The maximum atomic E-state index is 5.71. The molecule has 1 aromatic rings. The minimum absolute atomic E-state index is 0.153. The van der Waals surface area contributed by atoms with Crippen LogP contribution in [-0.4, -0.2) is 24.4 Å². The van der Waals surface area contributed by atoms with Crippen molar-refractivity contribution in [3.05, 3.63) is 11.6 Å². The maximum Gasteiger partial charge on any atom is 0.238 e. The summed E-state index contributed by atoms with van der Waals surface area (Å²) in [7, 11) is 3.06. The number of rotatable bonds is 3.